The zero-order chi connectivity index (χ0) is 14.5. The van der Waals surface area contributed by atoms with Crippen molar-refractivity contribution in [3.8, 4) is 0 Å². The lowest BCUT2D eigenvalue weighted by Gasteiger charge is -2.37. The molecule has 2 aliphatic heterocycles. The third-order valence-electron chi connectivity index (χ3n) is 6.08. The molecule has 2 unspecified atom stereocenters. The van der Waals surface area contributed by atoms with E-state index in [9.17, 15) is 0 Å². The fourth-order valence-corrected chi connectivity index (χ4v) is 4.52. The maximum Gasteiger partial charge on any atom is 0.0469 e. The fraction of sp³-hybridized carbons (Fsp3) is 1.00. The molecule has 3 nitrogen and oxygen atoms in total. The molecule has 2 heterocycles. The Labute approximate surface area is 130 Å². The predicted molar refractivity (Wildman–Crippen MR) is 87.6 cm³/mol. The summed E-state index contributed by atoms with van der Waals surface area (Å²) in [4.78, 5) is 2.80. The molecular weight excluding hydrogens is 260 g/mol. The second kappa shape index (κ2) is 7.94. The average Bonchev–Trinajstić information content (AvgIpc) is 2.72. The summed E-state index contributed by atoms with van der Waals surface area (Å²) in [6.45, 7) is 8.20. The van der Waals surface area contributed by atoms with Crippen molar-refractivity contribution in [3.63, 3.8) is 0 Å². The average molecular weight is 294 g/mol. The quantitative estimate of drug-likeness (QED) is 0.866. The Hall–Kier alpha value is -0.120. The van der Waals surface area contributed by atoms with Gasteiger partial charge in [-0.2, -0.15) is 0 Å². The van der Waals surface area contributed by atoms with Gasteiger partial charge in [0.25, 0.3) is 0 Å². The molecule has 0 aromatic carbocycles. The van der Waals surface area contributed by atoms with E-state index in [2.05, 4.69) is 17.1 Å². The minimum absolute atomic E-state index is 0.744. The SMILES string of the molecule is CC1CCNC(C2CCCCC2)CN1CC1CCOCC1. The van der Waals surface area contributed by atoms with Gasteiger partial charge in [0.1, 0.15) is 0 Å². The van der Waals surface area contributed by atoms with E-state index in [1.807, 2.05) is 0 Å². The van der Waals surface area contributed by atoms with Crippen LogP contribution in [0.25, 0.3) is 0 Å². The zero-order valence-corrected chi connectivity index (χ0v) is 13.9. The highest BCUT2D eigenvalue weighted by Gasteiger charge is 2.30. The molecule has 2 atom stereocenters. The number of hydrogen-bond donors (Lipinski definition) is 1. The minimum Gasteiger partial charge on any atom is -0.381 e. The summed E-state index contributed by atoms with van der Waals surface area (Å²) < 4.78 is 5.53. The van der Waals surface area contributed by atoms with Gasteiger partial charge in [-0.15, -0.1) is 0 Å². The van der Waals surface area contributed by atoms with Gasteiger partial charge in [0.05, 0.1) is 0 Å². The molecule has 3 heteroatoms. The summed E-state index contributed by atoms with van der Waals surface area (Å²) in [5.41, 5.74) is 0. The molecule has 0 amide bonds. The highest BCUT2D eigenvalue weighted by Crippen LogP contribution is 2.29. The van der Waals surface area contributed by atoms with Crippen molar-refractivity contribution in [2.75, 3.05) is 32.8 Å². The molecule has 0 spiro atoms. The van der Waals surface area contributed by atoms with E-state index >= 15 is 0 Å². The largest absolute Gasteiger partial charge is 0.381 e. The van der Waals surface area contributed by atoms with E-state index in [0.717, 1.165) is 37.1 Å². The van der Waals surface area contributed by atoms with Gasteiger partial charge in [-0.3, -0.25) is 4.90 Å². The van der Waals surface area contributed by atoms with E-state index in [1.165, 1.54) is 71.0 Å². The maximum atomic E-state index is 5.53. The van der Waals surface area contributed by atoms with Crippen LogP contribution < -0.4 is 5.32 Å². The fourth-order valence-electron chi connectivity index (χ4n) is 4.52. The highest BCUT2D eigenvalue weighted by molar-refractivity contribution is 4.87. The lowest BCUT2D eigenvalue weighted by molar-refractivity contribution is 0.0444. The molecule has 3 fully saturated rings. The molecule has 21 heavy (non-hydrogen) atoms. The molecule has 1 aliphatic carbocycles. The Morgan fingerprint density at radius 3 is 2.52 bits per heavy atom. The first-order chi connectivity index (χ1) is 10.3. The first-order valence-electron chi connectivity index (χ1n) is 9.38. The molecular formula is C18H34N2O. The molecule has 122 valence electrons. The van der Waals surface area contributed by atoms with Gasteiger partial charge in [-0.05, 0) is 57.4 Å². The Kier molecular flexibility index (Phi) is 5.96. The van der Waals surface area contributed by atoms with Gasteiger partial charge in [0, 0.05) is 38.4 Å². The van der Waals surface area contributed by atoms with Crippen LogP contribution >= 0.6 is 0 Å². The number of hydrogen-bond acceptors (Lipinski definition) is 3. The molecule has 0 aromatic heterocycles. The first-order valence-corrected chi connectivity index (χ1v) is 9.38. The van der Waals surface area contributed by atoms with E-state index in [-0.39, 0.29) is 0 Å². The van der Waals surface area contributed by atoms with Crippen LogP contribution in [-0.4, -0.2) is 49.8 Å². The molecule has 1 saturated carbocycles. The zero-order valence-electron chi connectivity index (χ0n) is 13.9. The first kappa shape index (κ1) is 15.8. The van der Waals surface area contributed by atoms with Crippen molar-refractivity contribution in [2.24, 2.45) is 11.8 Å². The number of nitrogens with one attached hydrogen (secondary N) is 1. The third kappa shape index (κ3) is 4.43. The molecule has 1 N–H and O–H groups in total. The number of rotatable bonds is 3. The Balaban J connectivity index is 1.57. The summed E-state index contributed by atoms with van der Waals surface area (Å²) in [6.07, 6.45) is 11.1. The standard InChI is InChI=1S/C18H34N2O/c1-15-7-10-19-18(17-5-3-2-4-6-17)14-20(15)13-16-8-11-21-12-9-16/h15-19H,2-14H2,1H3. The summed E-state index contributed by atoms with van der Waals surface area (Å²) in [7, 11) is 0. The molecule has 0 aromatic rings. The normalized spacial score (nSPS) is 34.7. The van der Waals surface area contributed by atoms with E-state index in [4.69, 9.17) is 4.74 Å². The van der Waals surface area contributed by atoms with Gasteiger partial charge in [0.15, 0.2) is 0 Å². The Morgan fingerprint density at radius 2 is 1.76 bits per heavy atom. The minimum atomic E-state index is 0.744. The van der Waals surface area contributed by atoms with Gasteiger partial charge >= 0.3 is 0 Å². The lowest BCUT2D eigenvalue weighted by atomic mass is 9.83. The van der Waals surface area contributed by atoms with Crippen LogP contribution in [0.1, 0.15) is 58.3 Å². The molecule has 3 aliphatic rings. The smallest absolute Gasteiger partial charge is 0.0469 e. The maximum absolute atomic E-state index is 5.53. The van der Waals surface area contributed by atoms with Crippen molar-refractivity contribution in [1.29, 1.82) is 0 Å². The van der Waals surface area contributed by atoms with Crippen LogP contribution in [0.4, 0.5) is 0 Å². The van der Waals surface area contributed by atoms with Crippen molar-refractivity contribution in [1.82, 2.24) is 10.2 Å². The molecule has 3 rings (SSSR count). The summed E-state index contributed by atoms with van der Waals surface area (Å²) >= 11 is 0. The molecule has 0 bridgehead atoms. The van der Waals surface area contributed by atoms with Gasteiger partial charge in [-0.25, -0.2) is 0 Å². The van der Waals surface area contributed by atoms with Crippen LogP contribution in [0.15, 0.2) is 0 Å². The molecule has 0 radical (unpaired) electrons. The lowest BCUT2D eigenvalue weighted by Crippen LogP contribution is -2.46. The highest BCUT2D eigenvalue weighted by atomic mass is 16.5. The Morgan fingerprint density at radius 1 is 1.00 bits per heavy atom. The van der Waals surface area contributed by atoms with Crippen molar-refractivity contribution in [3.05, 3.63) is 0 Å². The number of ether oxygens (including phenoxy) is 1. The molecule has 2 saturated heterocycles. The van der Waals surface area contributed by atoms with Crippen LogP contribution in [-0.2, 0) is 4.74 Å². The van der Waals surface area contributed by atoms with Gasteiger partial charge in [-0.1, -0.05) is 19.3 Å². The van der Waals surface area contributed by atoms with Crippen molar-refractivity contribution >= 4 is 0 Å². The van der Waals surface area contributed by atoms with E-state index in [0.29, 0.717) is 0 Å². The summed E-state index contributed by atoms with van der Waals surface area (Å²) in [5.74, 6) is 1.80. The van der Waals surface area contributed by atoms with Crippen LogP contribution in [0.5, 0.6) is 0 Å². The monoisotopic (exact) mass is 294 g/mol. The third-order valence-corrected chi connectivity index (χ3v) is 6.08. The van der Waals surface area contributed by atoms with E-state index < -0.39 is 0 Å². The van der Waals surface area contributed by atoms with Crippen LogP contribution in [0.3, 0.4) is 0 Å². The second-order valence-corrected chi connectivity index (χ2v) is 7.61. The Bertz CT molecular complexity index is 298. The summed E-state index contributed by atoms with van der Waals surface area (Å²) in [6, 6.07) is 1.49. The van der Waals surface area contributed by atoms with E-state index in [1.54, 1.807) is 0 Å². The predicted octanol–water partition coefficient (Wildman–Crippen LogP) is 3.05. The number of nitrogens with zero attached hydrogens (tertiary/aromatic N) is 1. The van der Waals surface area contributed by atoms with Gasteiger partial charge in [0.2, 0.25) is 0 Å². The summed E-state index contributed by atoms with van der Waals surface area (Å²) in [5, 5.41) is 3.88. The topological polar surface area (TPSA) is 24.5 Å². The van der Waals surface area contributed by atoms with Crippen molar-refractivity contribution in [2.45, 2.75) is 70.4 Å². The van der Waals surface area contributed by atoms with Crippen LogP contribution in [0, 0.1) is 11.8 Å². The van der Waals surface area contributed by atoms with Crippen molar-refractivity contribution < 1.29 is 4.74 Å². The second-order valence-electron chi connectivity index (χ2n) is 7.61. The van der Waals surface area contributed by atoms with Gasteiger partial charge < -0.3 is 10.1 Å². The van der Waals surface area contributed by atoms with Crippen LogP contribution in [0.2, 0.25) is 0 Å².